The minimum Gasteiger partial charge on any atom is -0.493 e. The first-order valence-corrected chi connectivity index (χ1v) is 9.74. The Balaban J connectivity index is 2.15. The standard InChI is InChI=1S/C22H22BrFN2O4/c1-3-10-26(13-16-12-17(23)6-7-18(16)24)22(28)9-5-15-4-8-19(20(11-15)29-2)30-14-21(25)27/h3-9,11-12H,1,10,13-14H2,2H3,(H2,25,27)/b9-5+. The summed E-state index contributed by atoms with van der Waals surface area (Å²) in [7, 11) is 1.46. The van der Waals surface area contributed by atoms with E-state index in [4.69, 9.17) is 15.2 Å². The number of primary amides is 1. The number of carbonyl (C=O) groups excluding carboxylic acids is 2. The van der Waals surface area contributed by atoms with E-state index in [1.54, 1.807) is 42.5 Å². The van der Waals surface area contributed by atoms with Crippen molar-refractivity contribution >= 4 is 33.8 Å². The molecule has 2 aromatic rings. The highest BCUT2D eigenvalue weighted by Gasteiger charge is 2.13. The van der Waals surface area contributed by atoms with E-state index in [9.17, 15) is 14.0 Å². The Hall–Kier alpha value is -3.13. The van der Waals surface area contributed by atoms with Gasteiger partial charge in [-0.15, -0.1) is 6.58 Å². The number of methoxy groups -OCH3 is 1. The van der Waals surface area contributed by atoms with Crippen molar-refractivity contribution < 1.29 is 23.5 Å². The lowest BCUT2D eigenvalue weighted by Gasteiger charge is -2.20. The molecule has 30 heavy (non-hydrogen) atoms. The molecule has 2 N–H and O–H groups in total. The molecule has 0 heterocycles. The topological polar surface area (TPSA) is 81.9 Å². The number of ether oxygens (including phenoxy) is 2. The fourth-order valence-corrected chi connectivity index (χ4v) is 3.00. The van der Waals surface area contributed by atoms with Gasteiger partial charge in [-0.05, 0) is 42.0 Å². The molecule has 0 spiro atoms. The van der Waals surface area contributed by atoms with E-state index in [1.165, 1.54) is 24.2 Å². The van der Waals surface area contributed by atoms with Crippen molar-refractivity contribution in [3.8, 4) is 11.5 Å². The fraction of sp³-hybridized carbons (Fsp3) is 0.182. The van der Waals surface area contributed by atoms with Gasteiger partial charge in [0, 0.05) is 29.2 Å². The molecule has 0 bridgehead atoms. The molecule has 2 aromatic carbocycles. The molecule has 2 rings (SSSR count). The van der Waals surface area contributed by atoms with Crippen molar-refractivity contribution in [3.05, 3.63) is 76.5 Å². The average molecular weight is 477 g/mol. The largest absolute Gasteiger partial charge is 0.493 e. The van der Waals surface area contributed by atoms with Gasteiger partial charge in [0.2, 0.25) is 5.91 Å². The van der Waals surface area contributed by atoms with Crippen LogP contribution in [0.15, 0.2) is 59.6 Å². The van der Waals surface area contributed by atoms with Gasteiger partial charge in [-0.2, -0.15) is 0 Å². The zero-order valence-electron chi connectivity index (χ0n) is 16.4. The molecule has 0 aliphatic rings. The number of carbonyl (C=O) groups is 2. The number of rotatable bonds is 10. The molecule has 0 radical (unpaired) electrons. The molecule has 0 saturated heterocycles. The number of halogens is 2. The lowest BCUT2D eigenvalue weighted by atomic mass is 10.1. The molecule has 0 fully saturated rings. The number of hydrogen-bond donors (Lipinski definition) is 1. The summed E-state index contributed by atoms with van der Waals surface area (Å²) < 4.78 is 25.3. The SMILES string of the molecule is C=CCN(Cc1cc(Br)ccc1F)C(=O)/C=C/c1ccc(OCC(N)=O)c(OC)c1. The van der Waals surface area contributed by atoms with Crippen LogP contribution < -0.4 is 15.2 Å². The average Bonchev–Trinajstić information content (AvgIpc) is 2.72. The zero-order chi connectivity index (χ0) is 22.1. The molecule has 0 unspecified atom stereocenters. The molecule has 158 valence electrons. The Morgan fingerprint density at radius 2 is 2.00 bits per heavy atom. The maximum absolute atomic E-state index is 14.1. The van der Waals surface area contributed by atoms with Crippen LogP contribution in [-0.4, -0.2) is 37.0 Å². The molecule has 0 saturated carbocycles. The first kappa shape index (κ1) is 23.2. The number of benzene rings is 2. The number of amides is 2. The van der Waals surface area contributed by atoms with Gasteiger partial charge in [-0.1, -0.05) is 28.1 Å². The van der Waals surface area contributed by atoms with Crippen molar-refractivity contribution in [3.63, 3.8) is 0 Å². The minimum absolute atomic E-state index is 0.101. The van der Waals surface area contributed by atoms with Crippen LogP contribution in [-0.2, 0) is 16.1 Å². The Kier molecular flexibility index (Phi) is 8.61. The summed E-state index contributed by atoms with van der Waals surface area (Å²) in [5.41, 5.74) is 6.15. The van der Waals surface area contributed by atoms with Crippen LogP contribution in [0.5, 0.6) is 11.5 Å². The molecule has 6 nitrogen and oxygen atoms in total. The van der Waals surface area contributed by atoms with E-state index < -0.39 is 5.91 Å². The molecule has 0 atom stereocenters. The van der Waals surface area contributed by atoms with Gasteiger partial charge in [0.1, 0.15) is 5.82 Å². The van der Waals surface area contributed by atoms with Gasteiger partial charge in [-0.25, -0.2) is 4.39 Å². The van der Waals surface area contributed by atoms with Crippen LogP contribution in [0, 0.1) is 5.82 Å². The zero-order valence-corrected chi connectivity index (χ0v) is 18.0. The second-order valence-corrected chi connectivity index (χ2v) is 7.16. The van der Waals surface area contributed by atoms with Crippen molar-refractivity contribution in [1.29, 1.82) is 0 Å². The van der Waals surface area contributed by atoms with Crippen LogP contribution in [0.1, 0.15) is 11.1 Å². The van der Waals surface area contributed by atoms with Crippen LogP contribution in [0.4, 0.5) is 4.39 Å². The number of hydrogen-bond acceptors (Lipinski definition) is 4. The summed E-state index contributed by atoms with van der Waals surface area (Å²) in [5, 5.41) is 0. The summed E-state index contributed by atoms with van der Waals surface area (Å²) in [5.74, 6) is -0.540. The summed E-state index contributed by atoms with van der Waals surface area (Å²) in [6, 6.07) is 9.56. The first-order valence-electron chi connectivity index (χ1n) is 8.95. The van der Waals surface area contributed by atoms with E-state index in [1.807, 2.05) is 0 Å². The van der Waals surface area contributed by atoms with E-state index in [0.29, 0.717) is 22.6 Å². The molecular formula is C22H22BrFN2O4. The van der Waals surface area contributed by atoms with Crippen molar-refractivity contribution in [2.75, 3.05) is 20.3 Å². The highest BCUT2D eigenvalue weighted by Crippen LogP contribution is 2.28. The molecule has 0 aromatic heterocycles. The maximum atomic E-state index is 14.1. The third kappa shape index (κ3) is 6.73. The van der Waals surface area contributed by atoms with Gasteiger partial charge in [-0.3, -0.25) is 9.59 Å². The van der Waals surface area contributed by atoms with Gasteiger partial charge in [0.25, 0.3) is 5.91 Å². The smallest absolute Gasteiger partial charge is 0.255 e. The van der Waals surface area contributed by atoms with E-state index in [0.717, 1.165) is 4.47 Å². The van der Waals surface area contributed by atoms with E-state index in [2.05, 4.69) is 22.5 Å². The van der Waals surface area contributed by atoms with Crippen LogP contribution in [0.3, 0.4) is 0 Å². The molecular weight excluding hydrogens is 455 g/mol. The third-order valence-electron chi connectivity index (χ3n) is 4.01. The number of nitrogens with two attached hydrogens (primary N) is 1. The first-order chi connectivity index (χ1) is 14.3. The molecule has 0 aliphatic heterocycles. The lowest BCUT2D eigenvalue weighted by molar-refractivity contribution is -0.126. The Bertz CT molecular complexity index is 962. The second-order valence-electron chi connectivity index (χ2n) is 6.24. The van der Waals surface area contributed by atoms with Crippen molar-refractivity contribution in [2.45, 2.75) is 6.54 Å². The Morgan fingerprint density at radius 3 is 2.67 bits per heavy atom. The lowest BCUT2D eigenvalue weighted by Crippen LogP contribution is -2.29. The molecule has 2 amide bonds. The minimum atomic E-state index is -0.601. The van der Waals surface area contributed by atoms with Crippen LogP contribution in [0.25, 0.3) is 6.08 Å². The number of nitrogens with zero attached hydrogens (tertiary/aromatic N) is 1. The Morgan fingerprint density at radius 1 is 1.23 bits per heavy atom. The molecule has 0 aliphatic carbocycles. The highest BCUT2D eigenvalue weighted by molar-refractivity contribution is 9.10. The monoisotopic (exact) mass is 476 g/mol. The van der Waals surface area contributed by atoms with Gasteiger partial charge in [0.15, 0.2) is 18.1 Å². The highest BCUT2D eigenvalue weighted by atomic mass is 79.9. The van der Waals surface area contributed by atoms with Crippen LogP contribution >= 0.6 is 15.9 Å². The van der Waals surface area contributed by atoms with E-state index >= 15 is 0 Å². The molecule has 8 heteroatoms. The summed E-state index contributed by atoms with van der Waals surface area (Å²) in [6.45, 7) is 3.75. The van der Waals surface area contributed by atoms with Gasteiger partial charge < -0.3 is 20.1 Å². The fourth-order valence-electron chi connectivity index (χ4n) is 2.59. The van der Waals surface area contributed by atoms with Crippen molar-refractivity contribution in [2.24, 2.45) is 5.73 Å². The van der Waals surface area contributed by atoms with Gasteiger partial charge in [0.05, 0.1) is 7.11 Å². The van der Waals surface area contributed by atoms with Crippen molar-refractivity contribution in [1.82, 2.24) is 4.90 Å². The van der Waals surface area contributed by atoms with E-state index in [-0.39, 0.29) is 31.4 Å². The quantitative estimate of drug-likeness (QED) is 0.418. The summed E-state index contributed by atoms with van der Waals surface area (Å²) >= 11 is 3.31. The normalized spacial score (nSPS) is 10.6. The predicted molar refractivity (Wildman–Crippen MR) is 116 cm³/mol. The maximum Gasteiger partial charge on any atom is 0.255 e. The third-order valence-corrected chi connectivity index (χ3v) is 4.50. The predicted octanol–water partition coefficient (Wildman–Crippen LogP) is 3.69. The van der Waals surface area contributed by atoms with Crippen LogP contribution in [0.2, 0.25) is 0 Å². The Labute approximate surface area is 182 Å². The summed E-state index contributed by atoms with van der Waals surface area (Å²) in [4.78, 5) is 25.0. The second kappa shape index (κ2) is 11.2. The summed E-state index contributed by atoms with van der Waals surface area (Å²) in [6.07, 6.45) is 4.57. The van der Waals surface area contributed by atoms with Gasteiger partial charge >= 0.3 is 0 Å².